The lowest BCUT2D eigenvalue weighted by atomic mass is 10.0. The lowest BCUT2D eigenvalue weighted by Crippen LogP contribution is -2.53. The van der Waals surface area contributed by atoms with Crippen molar-refractivity contribution in [2.24, 2.45) is 0 Å². The van der Waals surface area contributed by atoms with Crippen molar-refractivity contribution < 1.29 is 18.0 Å². The molecule has 0 spiro atoms. The number of hydrogen-bond donors (Lipinski definition) is 1. The number of anilines is 1. The molecule has 0 saturated carbocycles. The summed E-state index contributed by atoms with van der Waals surface area (Å²) in [6.45, 7) is 3.93. The topological polar surface area (TPSA) is 86.8 Å². The van der Waals surface area contributed by atoms with E-state index in [1.54, 1.807) is 42.5 Å². The van der Waals surface area contributed by atoms with Crippen molar-refractivity contribution in [3.05, 3.63) is 131 Å². The predicted octanol–water partition coefficient (Wildman–Crippen LogP) is 6.01. The molecule has 43 heavy (non-hydrogen) atoms. The number of rotatable bonds is 13. The summed E-state index contributed by atoms with van der Waals surface area (Å²) in [5, 5.41) is 3.13. The maximum atomic E-state index is 14.4. The van der Waals surface area contributed by atoms with Crippen molar-refractivity contribution in [2.45, 2.75) is 44.2 Å². The molecule has 0 aliphatic rings. The van der Waals surface area contributed by atoms with Gasteiger partial charge < -0.3 is 10.2 Å². The van der Waals surface area contributed by atoms with Gasteiger partial charge in [0.25, 0.3) is 10.0 Å². The number of carbonyl (C=O) groups is 2. The van der Waals surface area contributed by atoms with E-state index in [0.717, 1.165) is 27.4 Å². The molecule has 0 aliphatic carbocycles. The molecule has 0 radical (unpaired) electrons. The first-order chi connectivity index (χ1) is 20.7. The van der Waals surface area contributed by atoms with Crippen molar-refractivity contribution >= 4 is 39.1 Å². The average Bonchev–Trinajstić information content (AvgIpc) is 3.02. The molecule has 0 saturated heterocycles. The highest BCUT2D eigenvalue weighted by Crippen LogP contribution is 2.31. The highest BCUT2D eigenvalue weighted by Gasteiger charge is 2.35. The van der Waals surface area contributed by atoms with Crippen LogP contribution < -0.4 is 9.62 Å². The van der Waals surface area contributed by atoms with Gasteiger partial charge in [-0.25, -0.2) is 8.42 Å². The van der Waals surface area contributed by atoms with Crippen molar-refractivity contribution in [2.75, 3.05) is 17.4 Å². The molecule has 0 fully saturated rings. The fourth-order valence-electron chi connectivity index (χ4n) is 4.70. The van der Waals surface area contributed by atoms with Gasteiger partial charge in [0.05, 0.1) is 15.6 Å². The molecule has 4 rings (SSSR count). The summed E-state index contributed by atoms with van der Waals surface area (Å²) >= 11 is 6.50. The smallest absolute Gasteiger partial charge is 0.264 e. The molecule has 9 heteroatoms. The lowest BCUT2D eigenvalue weighted by molar-refractivity contribution is -0.140. The van der Waals surface area contributed by atoms with E-state index in [1.165, 1.54) is 17.0 Å². The summed E-state index contributed by atoms with van der Waals surface area (Å²) in [4.78, 5) is 29.6. The summed E-state index contributed by atoms with van der Waals surface area (Å²) in [6, 6.07) is 30.7. The summed E-state index contributed by atoms with van der Waals surface area (Å²) in [5.41, 5.74) is 2.92. The second-order valence-corrected chi connectivity index (χ2v) is 12.5. The molecule has 7 nitrogen and oxygen atoms in total. The van der Waals surface area contributed by atoms with E-state index >= 15 is 0 Å². The van der Waals surface area contributed by atoms with Crippen LogP contribution in [0, 0.1) is 6.92 Å². The summed E-state index contributed by atoms with van der Waals surface area (Å²) < 4.78 is 29.0. The van der Waals surface area contributed by atoms with E-state index < -0.39 is 28.5 Å². The van der Waals surface area contributed by atoms with Gasteiger partial charge >= 0.3 is 0 Å². The minimum Gasteiger partial charge on any atom is -0.354 e. The minimum absolute atomic E-state index is 0.0225. The Balaban J connectivity index is 1.79. The highest BCUT2D eigenvalue weighted by molar-refractivity contribution is 7.92. The average molecular weight is 618 g/mol. The number of amides is 2. The number of nitrogens with one attached hydrogen (secondary N) is 1. The predicted molar refractivity (Wildman–Crippen MR) is 171 cm³/mol. The summed E-state index contributed by atoms with van der Waals surface area (Å²) in [5.74, 6) is -0.839. The molecule has 0 aliphatic heterocycles. The Hall–Kier alpha value is -4.14. The number of aryl methyl sites for hydroxylation is 1. The summed E-state index contributed by atoms with van der Waals surface area (Å²) in [6.07, 6.45) is 0.983. The van der Waals surface area contributed by atoms with Crippen molar-refractivity contribution in [3.8, 4) is 0 Å². The molecular weight excluding hydrogens is 582 g/mol. The van der Waals surface area contributed by atoms with Crippen LogP contribution in [0.2, 0.25) is 5.02 Å². The SMILES string of the molecule is CCCNC(=O)[C@H](Cc1ccccc1)N(Cc1ccc(C)cc1)C(=O)CN(c1ccccc1Cl)S(=O)(=O)c1ccccc1. The molecule has 1 atom stereocenters. The molecule has 2 amide bonds. The number of para-hydroxylation sites is 1. The van der Waals surface area contributed by atoms with Crippen LogP contribution >= 0.6 is 11.6 Å². The van der Waals surface area contributed by atoms with Crippen LogP contribution in [0.5, 0.6) is 0 Å². The van der Waals surface area contributed by atoms with E-state index in [-0.39, 0.29) is 34.5 Å². The Morgan fingerprint density at radius 3 is 2.05 bits per heavy atom. The van der Waals surface area contributed by atoms with Crippen LogP contribution in [0.4, 0.5) is 5.69 Å². The summed E-state index contributed by atoms with van der Waals surface area (Å²) in [7, 11) is -4.20. The highest BCUT2D eigenvalue weighted by atomic mass is 35.5. The van der Waals surface area contributed by atoms with Gasteiger partial charge in [-0.1, -0.05) is 109 Å². The molecule has 224 valence electrons. The zero-order valence-corrected chi connectivity index (χ0v) is 25.9. The van der Waals surface area contributed by atoms with Crippen molar-refractivity contribution in [1.29, 1.82) is 0 Å². The van der Waals surface area contributed by atoms with E-state index in [2.05, 4.69) is 5.32 Å². The normalized spacial score (nSPS) is 11.9. The lowest BCUT2D eigenvalue weighted by Gasteiger charge is -2.34. The van der Waals surface area contributed by atoms with Gasteiger partial charge in [0.15, 0.2) is 0 Å². The molecule has 0 bridgehead atoms. The number of carbonyl (C=O) groups excluding carboxylic acids is 2. The Morgan fingerprint density at radius 2 is 1.42 bits per heavy atom. The number of nitrogens with zero attached hydrogens (tertiary/aromatic N) is 2. The molecule has 4 aromatic rings. The van der Waals surface area contributed by atoms with Crippen LogP contribution in [0.25, 0.3) is 0 Å². The number of benzene rings is 4. The first kappa shape index (κ1) is 31.8. The molecule has 0 aromatic heterocycles. The maximum absolute atomic E-state index is 14.4. The van der Waals surface area contributed by atoms with Crippen LogP contribution in [-0.2, 0) is 32.6 Å². The zero-order chi connectivity index (χ0) is 30.8. The zero-order valence-electron chi connectivity index (χ0n) is 24.3. The molecule has 0 heterocycles. The first-order valence-corrected chi connectivity index (χ1v) is 16.0. The van der Waals surface area contributed by atoms with Gasteiger partial charge in [0.1, 0.15) is 12.6 Å². The Bertz CT molecular complexity index is 1610. The van der Waals surface area contributed by atoms with E-state index in [1.807, 2.05) is 68.4 Å². The number of halogens is 1. The maximum Gasteiger partial charge on any atom is 0.264 e. The van der Waals surface area contributed by atoms with Gasteiger partial charge in [-0.05, 0) is 48.7 Å². The largest absolute Gasteiger partial charge is 0.354 e. The van der Waals surface area contributed by atoms with Crippen LogP contribution in [0.15, 0.2) is 114 Å². The van der Waals surface area contributed by atoms with Gasteiger partial charge in [-0.15, -0.1) is 0 Å². The van der Waals surface area contributed by atoms with E-state index in [9.17, 15) is 18.0 Å². The first-order valence-electron chi connectivity index (χ1n) is 14.2. The third-order valence-electron chi connectivity index (χ3n) is 7.03. The van der Waals surface area contributed by atoms with E-state index in [4.69, 9.17) is 11.6 Å². The minimum atomic E-state index is -4.20. The van der Waals surface area contributed by atoms with Gasteiger partial charge in [-0.3, -0.25) is 13.9 Å². The van der Waals surface area contributed by atoms with Crippen LogP contribution in [0.3, 0.4) is 0 Å². The molecule has 1 N–H and O–H groups in total. The molecule has 4 aromatic carbocycles. The quantitative estimate of drug-likeness (QED) is 0.199. The van der Waals surface area contributed by atoms with Crippen molar-refractivity contribution in [1.82, 2.24) is 10.2 Å². The standard InChI is InChI=1S/C34H36ClN3O4S/c1-3-22-36-34(40)32(23-27-12-6-4-7-13-27)37(24-28-20-18-26(2)19-21-28)33(39)25-38(31-17-11-10-16-30(31)35)43(41,42)29-14-8-5-9-15-29/h4-21,32H,3,22-25H2,1-2H3,(H,36,40)/t32-/m0/s1. The Morgan fingerprint density at radius 1 is 0.814 bits per heavy atom. The fraction of sp³-hybridized carbons (Fsp3) is 0.235. The van der Waals surface area contributed by atoms with Crippen LogP contribution in [0.1, 0.15) is 30.0 Å². The molecule has 0 unspecified atom stereocenters. The Labute approximate surface area is 259 Å². The second kappa shape index (κ2) is 14.8. The third-order valence-corrected chi connectivity index (χ3v) is 9.12. The fourth-order valence-corrected chi connectivity index (χ4v) is 6.44. The van der Waals surface area contributed by atoms with Gasteiger partial charge in [-0.2, -0.15) is 0 Å². The molecular formula is C34H36ClN3O4S. The van der Waals surface area contributed by atoms with Crippen molar-refractivity contribution in [3.63, 3.8) is 0 Å². The monoisotopic (exact) mass is 617 g/mol. The van der Waals surface area contributed by atoms with Gasteiger partial charge in [0.2, 0.25) is 11.8 Å². The third kappa shape index (κ3) is 8.24. The van der Waals surface area contributed by atoms with Crippen LogP contribution in [-0.4, -0.2) is 44.3 Å². The number of hydrogen-bond acceptors (Lipinski definition) is 4. The number of sulfonamides is 1. The second-order valence-electron chi connectivity index (χ2n) is 10.3. The van der Waals surface area contributed by atoms with Gasteiger partial charge in [0, 0.05) is 19.5 Å². The Kier molecular flexibility index (Phi) is 11.0. The van der Waals surface area contributed by atoms with E-state index in [0.29, 0.717) is 6.54 Å².